The van der Waals surface area contributed by atoms with E-state index < -0.39 is 34.7 Å². The predicted octanol–water partition coefficient (Wildman–Crippen LogP) is 6.55. The van der Waals surface area contributed by atoms with E-state index in [-0.39, 0.29) is 16.6 Å². The largest absolute Gasteiger partial charge is 0.481 e. The summed E-state index contributed by atoms with van der Waals surface area (Å²) in [5, 5.41) is 9.51. The summed E-state index contributed by atoms with van der Waals surface area (Å²) in [4.78, 5) is 13.3. The molecule has 2 atom stereocenters. The summed E-state index contributed by atoms with van der Waals surface area (Å²) in [5.41, 5.74) is -0.121. The Hall–Kier alpha value is -1.47. The van der Waals surface area contributed by atoms with Crippen molar-refractivity contribution in [3.63, 3.8) is 0 Å². The second-order valence-corrected chi connectivity index (χ2v) is 8.15. The Morgan fingerprint density at radius 2 is 1.86 bits per heavy atom. The average molecular weight is 467 g/mol. The summed E-state index contributed by atoms with van der Waals surface area (Å²) in [6.45, 7) is 0.702. The zero-order chi connectivity index (χ0) is 21.3. The number of nitrogens with zero attached hydrogens (tertiary/aromatic N) is 1. The second kappa shape index (κ2) is 8.72. The topological polar surface area (TPSA) is 40.5 Å². The van der Waals surface area contributed by atoms with Crippen LogP contribution >= 0.6 is 34.8 Å². The zero-order valence-corrected chi connectivity index (χ0v) is 17.3. The number of halogens is 6. The molecule has 1 aliphatic rings. The van der Waals surface area contributed by atoms with E-state index in [1.807, 2.05) is 4.90 Å². The molecular weight excluding hydrogens is 450 g/mol. The van der Waals surface area contributed by atoms with Crippen molar-refractivity contribution in [2.75, 3.05) is 13.1 Å². The predicted molar refractivity (Wildman–Crippen MR) is 107 cm³/mol. The smallest absolute Gasteiger partial charge is 0.417 e. The molecule has 3 nitrogen and oxygen atoms in total. The summed E-state index contributed by atoms with van der Waals surface area (Å²) in [5.74, 6) is -1.55. The number of alkyl halides is 3. The summed E-state index contributed by atoms with van der Waals surface area (Å²) < 4.78 is 40.3. The molecule has 156 valence electrons. The lowest BCUT2D eigenvalue weighted by Crippen LogP contribution is -2.41. The van der Waals surface area contributed by atoms with Gasteiger partial charge in [0.15, 0.2) is 0 Å². The maximum atomic E-state index is 13.4. The summed E-state index contributed by atoms with van der Waals surface area (Å²) in [7, 11) is 0. The molecule has 1 fully saturated rings. The molecule has 9 heteroatoms. The van der Waals surface area contributed by atoms with Gasteiger partial charge in [0.25, 0.3) is 0 Å². The van der Waals surface area contributed by atoms with Gasteiger partial charge in [-0.2, -0.15) is 13.2 Å². The van der Waals surface area contributed by atoms with Crippen LogP contribution in [0.4, 0.5) is 13.2 Å². The number of aliphatic carboxylic acids is 1. The molecule has 0 spiro atoms. The molecule has 0 saturated carbocycles. The quantitative estimate of drug-likeness (QED) is 0.555. The first-order valence-electron chi connectivity index (χ1n) is 8.87. The molecule has 0 amide bonds. The van der Waals surface area contributed by atoms with E-state index in [4.69, 9.17) is 34.8 Å². The third kappa shape index (κ3) is 4.82. The Bertz CT molecular complexity index is 920. The summed E-state index contributed by atoms with van der Waals surface area (Å²) in [6.07, 6.45) is -3.51. The fourth-order valence-electron chi connectivity index (χ4n) is 3.69. The highest BCUT2D eigenvalue weighted by Crippen LogP contribution is 2.42. The lowest BCUT2D eigenvalue weighted by Gasteiger charge is -2.38. The third-order valence-corrected chi connectivity index (χ3v) is 6.22. The van der Waals surface area contributed by atoms with Crippen LogP contribution in [-0.4, -0.2) is 29.1 Å². The zero-order valence-electron chi connectivity index (χ0n) is 15.0. The van der Waals surface area contributed by atoms with E-state index in [2.05, 4.69) is 0 Å². The van der Waals surface area contributed by atoms with Crippen molar-refractivity contribution >= 4 is 40.8 Å². The van der Waals surface area contributed by atoms with Crippen LogP contribution in [0.2, 0.25) is 15.1 Å². The van der Waals surface area contributed by atoms with E-state index in [9.17, 15) is 23.1 Å². The monoisotopic (exact) mass is 465 g/mol. The maximum Gasteiger partial charge on any atom is 0.417 e. The van der Waals surface area contributed by atoms with Crippen molar-refractivity contribution in [3.05, 3.63) is 68.2 Å². The van der Waals surface area contributed by atoms with Gasteiger partial charge >= 0.3 is 12.1 Å². The summed E-state index contributed by atoms with van der Waals surface area (Å²) >= 11 is 18.3. The number of hydrogen-bond acceptors (Lipinski definition) is 2. The van der Waals surface area contributed by atoms with E-state index >= 15 is 0 Å². The van der Waals surface area contributed by atoms with Gasteiger partial charge in [-0.25, -0.2) is 0 Å². The number of carboxylic acid groups (broad SMARTS) is 1. The molecule has 0 bridgehead atoms. The number of piperidine rings is 1. The van der Waals surface area contributed by atoms with Crippen molar-refractivity contribution in [1.29, 1.82) is 0 Å². The lowest BCUT2D eigenvalue weighted by molar-refractivity contribution is -0.143. The van der Waals surface area contributed by atoms with Gasteiger partial charge < -0.3 is 5.11 Å². The average Bonchev–Trinajstić information content (AvgIpc) is 2.66. The minimum absolute atomic E-state index is 0.187. The Kier molecular flexibility index (Phi) is 6.68. The lowest BCUT2D eigenvalue weighted by atomic mass is 9.90. The molecule has 29 heavy (non-hydrogen) atoms. The van der Waals surface area contributed by atoms with Crippen LogP contribution in [0.3, 0.4) is 0 Å². The maximum absolute atomic E-state index is 13.4. The Labute approximate surface area is 181 Å². The van der Waals surface area contributed by atoms with Crippen LogP contribution in [0, 0.1) is 5.92 Å². The Morgan fingerprint density at radius 3 is 2.52 bits per heavy atom. The highest BCUT2D eigenvalue weighted by atomic mass is 35.5. The van der Waals surface area contributed by atoms with Crippen LogP contribution in [0.15, 0.2) is 36.4 Å². The number of hydrogen-bond donors (Lipinski definition) is 1. The van der Waals surface area contributed by atoms with Gasteiger partial charge in [0.1, 0.15) is 0 Å². The summed E-state index contributed by atoms with van der Waals surface area (Å²) in [6, 6.07) is 7.94. The molecule has 2 aromatic rings. The Balaban J connectivity index is 2.14. The van der Waals surface area contributed by atoms with Gasteiger partial charge in [0, 0.05) is 6.54 Å². The molecule has 0 aromatic heterocycles. The minimum atomic E-state index is -4.62. The first-order chi connectivity index (χ1) is 13.6. The van der Waals surface area contributed by atoms with E-state index in [1.165, 1.54) is 12.1 Å². The second-order valence-electron chi connectivity index (χ2n) is 6.95. The first kappa shape index (κ1) is 22.2. The van der Waals surface area contributed by atoms with Gasteiger partial charge in [0.2, 0.25) is 0 Å². The highest BCUT2D eigenvalue weighted by Gasteiger charge is 2.36. The van der Waals surface area contributed by atoms with Gasteiger partial charge in [-0.05, 0) is 48.7 Å². The fraction of sp³-hybridized carbons (Fsp3) is 0.350. The SMILES string of the molecule is O=C(O)C1CCCN(C(c2ccc(Cl)c(C(F)(F)F)c2)c2cccc(Cl)c2Cl)C1. The minimum Gasteiger partial charge on any atom is -0.481 e. The molecule has 1 aliphatic heterocycles. The van der Waals surface area contributed by atoms with Crippen LogP contribution in [-0.2, 0) is 11.0 Å². The highest BCUT2D eigenvalue weighted by molar-refractivity contribution is 6.42. The van der Waals surface area contributed by atoms with Crippen molar-refractivity contribution in [2.45, 2.75) is 25.1 Å². The molecule has 3 rings (SSSR count). The van der Waals surface area contributed by atoms with Gasteiger partial charge in [-0.1, -0.05) is 53.0 Å². The van der Waals surface area contributed by atoms with E-state index in [0.717, 1.165) is 6.07 Å². The molecule has 1 N–H and O–H groups in total. The molecular formula is C20H17Cl3F3NO2. The van der Waals surface area contributed by atoms with Crippen molar-refractivity contribution in [1.82, 2.24) is 4.90 Å². The van der Waals surface area contributed by atoms with Gasteiger partial charge in [-0.3, -0.25) is 9.69 Å². The number of rotatable bonds is 4. The molecule has 2 aromatic carbocycles. The number of carbonyl (C=O) groups is 1. The fourth-order valence-corrected chi connectivity index (χ4v) is 4.33. The van der Waals surface area contributed by atoms with Crippen LogP contribution in [0.5, 0.6) is 0 Å². The molecule has 1 saturated heterocycles. The van der Waals surface area contributed by atoms with Crippen LogP contribution < -0.4 is 0 Å². The Morgan fingerprint density at radius 1 is 1.14 bits per heavy atom. The number of likely N-dealkylation sites (tertiary alicyclic amines) is 1. The standard InChI is InChI=1S/C20H17Cl3F3NO2/c21-15-7-6-11(9-14(15)20(24,25)26)18(13-4-1-5-16(22)17(13)23)27-8-2-3-12(10-27)19(28)29/h1,4-7,9,12,18H,2-3,8,10H2,(H,28,29). The molecule has 0 radical (unpaired) electrons. The van der Waals surface area contributed by atoms with Crippen molar-refractivity contribution in [3.8, 4) is 0 Å². The van der Waals surface area contributed by atoms with Crippen LogP contribution in [0.25, 0.3) is 0 Å². The van der Waals surface area contributed by atoms with E-state index in [1.54, 1.807) is 18.2 Å². The number of benzene rings is 2. The van der Waals surface area contributed by atoms with Gasteiger partial charge in [0.05, 0.1) is 32.6 Å². The first-order valence-corrected chi connectivity index (χ1v) is 10.0. The van der Waals surface area contributed by atoms with Crippen molar-refractivity contribution < 1.29 is 23.1 Å². The third-order valence-electron chi connectivity index (χ3n) is 5.05. The normalized spacial score (nSPS) is 19.2. The molecule has 2 unspecified atom stereocenters. The molecule has 0 aliphatic carbocycles. The van der Waals surface area contributed by atoms with E-state index in [0.29, 0.717) is 30.5 Å². The number of carboxylic acids is 1. The van der Waals surface area contributed by atoms with Crippen molar-refractivity contribution in [2.24, 2.45) is 5.92 Å². The van der Waals surface area contributed by atoms with Gasteiger partial charge in [-0.15, -0.1) is 0 Å². The van der Waals surface area contributed by atoms with Crippen LogP contribution in [0.1, 0.15) is 35.6 Å². The molecule has 1 heterocycles.